The SMILES string of the molecule is CCNc1nc(N(C)CC(=O)NCCOC)c(Cl)cc1Cl. The van der Waals surface area contributed by atoms with E-state index >= 15 is 0 Å². The zero-order valence-electron chi connectivity index (χ0n) is 12.4. The summed E-state index contributed by atoms with van der Waals surface area (Å²) in [6, 6.07) is 1.61. The summed E-state index contributed by atoms with van der Waals surface area (Å²) in [5.74, 6) is 0.913. The first kappa shape index (κ1) is 17.8. The summed E-state index contributed by atoms with van der Waals surface area (Å²) < 4.78 is 4.87. The van der Waals surface area contributed by atoms with Crippen LogP contribution in [0.25, 0.3) is 0 Å². The van der Waals surface area contributed by atoms with Gasteiger partial charge in [-0.15, -0.1) is 0 Å². The molecule has 0 aliphatic heterocycles. The van der Waals surface area contributed by atoms with Crippen molar-refractivity contribution in [1.82, 2.24) is 10.3 Å². The number of aromatic nitrogens is 1. The first-order chi connectivity index (χ1) is 9.99. The smallest absolute Gasteiger partial charge is 0.239 e. The van der Waals surface area contributed by atoms with E-state index in [1.165, 1.54) is 0 Å². The first-order valence-corrected chi connectivity index (χ1v) is 7.31. The molecule has 0 unspecified atom stereocenters. The molecule has 1 heterocycles. The molecule has 8 heteroatoms. The molecule has 1 rings (SSSR count). The zero-order valence-corrected chi connectivity index (χ0v) is 13.9. The lowest BCUT2D eigenvalue weighted by Gasteiger charge is -2.20. The second kappa shape index (κ2) is 8.92. The molecule has 0 aromatic carbocycles. The number of hydrogen-bond acceptors (Lipinski definition) is 5. The van der Waals surface area contributed by atoms with Crippen molar-refractivity contribution in [2.75, 3.05) is 50.6 Å². The fourth-order valence-electron chi connectivity index (χ4n) is 1.65. The molecule has 0 saturated heterocycles. The Morgan fingerprint density at radius 2 is 2.14 bits per heavy atom. The Hall–Kier alpha value is -1.24. The van der Waals surface area contributed by atoms with Crippen molar-refractivity contribution in [3.8, 4) is 0 Å². The van der Waals surface area contributed by atoms with Crippen LogP contribution >= 0.6 is 23.2 Å². The van der Waals surface area contributed by atoms with Gasteiger partial charge in [0, 0.05) is 27.2 Å². The molecule has 0 aliphatic carbocycles. The van der Waals surface area contributed by atoms with Crippen molar-refractivity contribution in [3.63, 3.8) is 0 Å². The summed E-state index contributed by atoms with van der Waals surface area (Å²) >= 11 is 12.2. The third-order valence-corrected chi connectivity index (χ3v) is 3.19. The summed E-state index contributed by atoms with van der Waals surface area (Å²) in [6.45, 7) is 3.71. The quantitative estimate of drug-likeness (QED) is 0.712. The summed E-state index contributed by atoms with van der Waals surface area (Å²) in [6.07, 6.45) is 0. The van der Waals surface area contributed by atoms with E-state index < -0.39 is 0 Å². The molecule has 118 valence electrons. The number of nitrogens with zero attached hydrogens (tertiary/aromatic N) is 2. The Morgan fingerprint density at radius 1 is 1.43 bits per heavy atom. The first-order valence-electron chi connectivity index (χ1n) is 6.56. The van der Waals surface area contributed by atoms with Crippen LogP contribution in [0.2, 0.25) is 10.0 Å². The number of amides is 1. The number of likely N-dealkylation sites (N-methyl/N-ethyl adjacent to an activating group) is 1. The van der Waals surface area contributed by atoms with E-state index in [1.54, 1.807) is 25.1 Å². The van der Waals surface area contributed by atoms with Crippen molar-refractivity contribution >= 4 is 40.7 Å². The predicted octanol–water partition coefficient (Wildman–Crippen LogP) is 2.02. The largest absolute Gasteiger partial charge is 0.383 e. The molecule has 1 amide bonds. The minimum absolute atomic E-state index is 0.132. The summed E-state index contributed by atoms with van der Waals surface area (Å²) in [7, 11) is 3.33. The van der Waals surface area contributed by atoms with E-state index in [0.717, 1.165) is 0 Å². The fourth-order valence-corrected chi connectivity index (χ4v) is 2.22. The third-order valence-electron chi connectivity index (χ3n) is 2.63. The van der Waals surface area contributed by atoms with Crippen molar-refractivity contribution in [1.29, 1.82) is 0 Å². The lowest BCUT2D eigenvalue weighted by molar-refractivity contribution is -0.119. The summed E-state index contributed by atoms with van der Waals surface area (Å²) in [5.41, 5.74) is 0. The average Bonchev–Trinajstić information content (AvgIpc) is 2.42. The van der Waals surface area contributed by atoms with Crippen molar-refractivity contribution in [3.05, 3.63) is 16.1 Å². The Kier molecular flexibility index (Phi) is 7.56. The fraction of sp³-hybridized carbons (Fsp3) is 0.538. The highest BCUT2D eigenvalue weighted by atomic mass is 35.5. The van der Waals surface area contributed by atoms with Gasteiger partial charge in [0.1, 0.15) is 11.6 Å². The maximum absolute atomic E-state index is 11.8. The molecule has 6 nitrogen and oxygen atoms in total. The molecule has 21 heavy (non-hydrogen) atoms. The molecule has 2 N–H and O–H groups in total. The van der Waals surface area contributed by atoms with Crippen molar-refractivity contribution in [2.24, 2.45) is 0 Å². The number of ether oxygens (including phenoxy) is 1. The van der Waals surface area contributed by atoms with Gasteiger partial charge in [0.2, 0.25) is 5.91 Å². The molecule has 0 atom stereocenters. The highest BCUT2D eigenvalue weighted by Gasteiger charge is 2.15. The number of anilines is 2. The van der Waals surface area contributed by atoms with Gasteiger partial charge in [-0.05, 0) is 13.0 Å². The van der Waals surface area contributed by atoms with E-state index in [4.69, 9.17) is 27.9 Å². The maximum atomic E-state index is 11.8. The Balaban J connectivity index is 2.74. The number of carbonyl (C=O) groups excluding carboxylic acids is 1. The summed E-state index contributed by atoms with van der Waals surface area (Å²) in [5, 5.41) is 6.63. The predicted molar refractivity (Wildman–Crippen MR) is 86.6 cm³/mol. The molecule has 0 spiro atoms. The molecule has 1 aromatic rings. The molecule has 0 fully saturated rings. The van der Waals surface area contributed by atoms with E-state index in [2.05, 4.69) is 15.6 Å². The Bertz CT molecular complexity index is 485. The molecule has 0 aliphatic rings. The van der Waals surface area contributed by atoms with Gasteiger partial charge in [-0.2, -0.15) is 0 Å². The van der Waals surface area contributed by atoms with Gasteiger partial charge in [0.25, 0.3) is 0 Å². The average molecular weight is 335 g/mol. The molecule has 0 bridgehead atoms. The molecular weight excluding hydrogens is 315 g/mol. The third kappa shape index (κ3) is 5.57. The van der Waals surface area contributed by atoms with Gasteiger partial charge in [-0.3, -0.25) is 4.79 Å². The van der Waals surface area contributed by atoms with Gasteiger partial charge in [0.05, 0.1) is 23.2 Å². The van der Waals surface area contributed by atoms with Gasteiger partial charge in [-0.25, -0.2) is 4.98 Å². The van der Waals surface area contributed by atoms with Crippen LogP contribution in [0.4, 0.5) is 11.6 Å². The molecular formula is C13H20Cl2N4O2. The Morgan fingerprint density at radius 3 is 2.76 bits per heavy atom. The van der Waals surface area contributed by atoms with E-state index in [1.807, 2.05) is 6.92 Å². The van der Waals surface area contributed by atoms with Crippen LogP contribution in [-0.4, -0.2) is 51.3 Å². The second-order valence-corrected chi connectivity index (χ2v) is 5.17. The number of hydrogen-bond donors (Lipinski definition) is 2. The van der Waals surface area contributed by atoms with E-state index in [0.29, 0.717) is 41.4 Å². The van der Waals surface area contributed by atoms with Crippen molar-refractivity contribution in [2.45, 2.75) is 6.92 Å². The van der Waals surface area contributed by atoms with Crippen molar-refractivity contribution < 1.29 is 9.53 Å². The minimum Gasteiger partial charge on any atom is -0.383 e. The maximum Gasteiger partial charge on any atom is 0.239 e. The van der Waals surface area contributed by atoms with Crippen LogP contribution in [0.5, 0.6) is 0 Å². The van der Waals surface area contributed by atoms with Crippen LogP contribution in [0.15, 0.2) is 6.07 Å². The Labute approximate surface area is 134 Å². The van der Waals surface area contributed by atoms with Crippen LogP contribution in [-0.2, 0) is 9.53 Å². The highest BCUT2D eigenvalue weighted by Crippen LogP contribution is 2.30. The van der Waals surface area contributed by atoms with E-state index in [-0.39, 0.29) is 12.5 Å². The number of nitrogens with one attached hydrogen (secondary N) is 2. The van der Waals surface area contributed by atoms with E-state index in [9.17, 15) is 4.79 Å². The van der Waals surface area contributed by atoms with Crippen LogP contribution < -0.4 is 15.5 Å². The van der Waals surface area contributed by atoms with Gasteiger partial charge < -0.3 is 20.3 Å². The van der Waals surface area contributed by atoms with Crippen LogP contribution in [0, 0.1) is 0 Å². The molecule has 0 saturated carbocycles. The number of halogens is 2. The number of methoxy groups -OCH3 is 1. The molecule has 0 radical (unpaired) electrons. The zero-order chi connectivity index (χ0) is 15.8. The monoisotopic (exact) mass is 334 g/mol. The minimum atomic E-state index is -0.132. The van der Waals surface area contributed by atoms with Crippen LogP contribution in [0.1, 0.15) is 6.92 Å². The normalized spacial score (nSPS) is 10.3. The highest BCUT2D eigenvalue weighted by molar-refractivity contribution is 6.37. The lowest BCUT2D eigenvalue weighted by Crippen LogP contribution is -2.37. The topological polar surface area (TPSA) is 66.5 Å². The van der Waals surface area contributed by atoms with Gasteiger partial charge >= 0.3 is 0 Å². The van der Waals surface area contributed by atoms with Crippen LogP contribution in [0.3, 0.4) is 0 Å². The standard InChI is InChI=1S/C13H20Cl2N4O2/c1-4-16-12-9(14)7-10(15)13(18-12)19(2)8-11(20)17-5-6-21-3/h7H,4-6,8H2,1-3H3,(H,16,18)(H,17,20). The number of carbonyl (C=O) groups is 1. The number of rotatable bonds is 8. The second-order valence-electron chi connectivity index (χ2n) is 4.35. The molecule has 1 aromatic heterocycles. The summed E-state index contributed by atoms with van der Waals surface area (Å²) in [4.78, 5) is 17.8. The van der Waals surface area contributed by atoms with Gasteiger partial charge in [-0.1, -0.05) is 23.2 Å². The number of pyridine rings is 1. The lowest BCUT2D eigenvalue weighted by atomic mass is 10.4. The van der Waals surface area contributed by atoms with Gasteiger partial charge in [0.15, 0.2) is 0 Å².